The third-order valence-electron chi connectivity index (χ3n) is 6.59. The maximum Gasteiger partial charge on any atom is 0.471 e. The lowest BCUT2D eigenvalue weighted by atomic mass is 8.94. The van der Waals surface area contributed by atoms with E-state index in [0.717, 1.165) is 0 Å². The van der Waals surface area contributed by atoms with Crippen molar-refractivity contribution in [1.82, 2.24) is 5.32 Å². The number of aliphatic carboxylic acids is 1. The number of hydrogen-bond acceptors (Lipinski definition) is 2. The Morgan fingerprint density at radius 1 is 1.00 bits per heavy atom. The predicted octanol–water partition coefficient (Wildman–Crippen LogP) is 0.240. The molecule has 6 rings (SSSR count). The molecule has 0 heterocycles. The molecule has 0 radical (unpaired) electrons. The molecular formula is C11H8F3NO3. The summed E-state index contributed by atoms with van der Waals surface area (Å²) in [5, 5.41) is 11.3. The second-order valence-electron chi connectivity index (χ2n) is 6.28. The fraction of sp³-hybridized carbons (Fsp3) is 0.818. The van der Waals surface area contributed by atoms with E-state index in [9.17, 15) is 27.9 Å². The standard InChI is InChI=1S/C11H8F3NO3/c12-11(13,14)7(16)15-10-4-1-5(10)3-6(10)2(4)9(1,3)8(17)18/h1-6H,(H,15,16)(H,17,18). The monoisotopic (exact) mass is 259 g/mol. The molecule has 1 amide bonds. The summed E-state index contributed by atoms with van der Waals surface area (Å²) in [6.07, 6.45) is -4.85. The number of nitrogens with one attached hydrogen (secondary N) is 1. The van der Waals surface area contributed by atoms with Crippen LogP contribution in [-0.4, -0.2) is 28.7 Å². The van der Waals surface area contributed by atoms with Crippen LogP contribution < -0.4 is 5.32 Å². The number of alkyl halides is 3. The van der Waals surface area contributed by atoms with Gasteiger partial charge >= 0.3 is 18.1 Å². The van der Waals surface area contributed by atoms with Crippen LogP contribution in [0.4, 0.5) is 13.2 Å². The third kappa shape index (κ3) is 0.484. The van der Waals surface area contributed by atoms with E-state index in [-0.39, 0.29) is 35.5 Å². The minimum atomic E-state index is -4.85. The molecule has 96 valence electrons. The summed E-state index contributed by atoms with van der Waals surface area (Å²) in [5.41, 5.74) is -1.28. The summed E-state index contributed by atoms with van der Waals surface area (Å²) in [6.45, 7) is 0. The molecule has 6 fully saturated rings. The number of rotatable bonds is 2. The maximum absolute atomic E-state index is 12.2. The van der Waals surface area contributed by atoms with Crippen molar-refractivity contribution in [3.8, 4) is 0 Å². The van der Waals surface area contributed by atoms with Gasteiger partial charge in [-0.05, 0) is 35.5 Å². The molecule has 0 spiro atoms. The van der Waals surface area contributed by atoms with E-state index >= 15 is 0 Å². The molecule has 0 aromatic heterocycles. The highest BCUT2D eigenvalue weighted by molar-refractivity contribution is 5.91. The number of amides is 1. The maximum atomic E-state index is 12.2. The van der Waals surface area contributed by atoms with Crippen LogP contribution in [0.1, 0.15) is 0 Å². The van der Waals surface area contributed by atoms with E-state index in [1.54, 1.807) is 0 Å². The number of halogens is 3. The first kappa shape index (κ1) is 9.63. The van der Waals surface area contributed by atoms with Crippen LogP contribution in [0.2, 0.25) is 0 Å². The molecule has 18 heavy (non-hydrogen) atoms. The van der Waals surface area contributed by atoms with E-state index in [1.165, 1.54) is 0 Å². The smallest absolute Gasteiger partial charge is 0.471 e. The minimum Gasteiger partial charge on any atom is -0.481 e. The van der Waals surface area contributed by atoms with Crippen LogP contribution in [0.25, 0.3) is 0 Å². The molecule has 0 aromatic carbocycles. The Morgan fingerprint density at radius 3 is 1.78 bits per heavy atom. The van der Waals surface area contributed by atoms with Gasteiger partial charge in [-0.2, -0.15) is 13.2 Å². The zero-order chi connectivity index (χ0) is 12.8. The molecule has 0 bridgehead atoms. The van der Waals surface area contributed by atoms with Crippen LogP contribution in [0.3, 0.4) is 0 Å². The molecule has 4 nitrogen and oxygen atoms in total. The lowest BCUT2D eigenvalue weighted by Gasteiger charge is -3.09. The largest absolute Gasteiger partial charge is 0.481 e. The highest BCUT2D eigenvalue weighted by atomic mass is 19.4. The van der Waals surface area contributed by atoms with Crippen LogP contribution in [0.5, 0.6) is 0 Å². The van der Waals surface area contributed by atoms with Crippen molar-refractivity contribution in [2.75, 3.05) is 0 Å². The molecule has 6 aliphatic rings. The van der Waals surface area contributed by atoms with Gasteiger partial charge in [0, 0.05) is 0 Å². The number of carbonyl (C=O) groups excluding carboxylic acids is 1. The van der Waals surface area contributed by atoms with Gasteiger partial charge in [0.1, 0.15) is 0 Å². The lowest BCUT2D eigenvalue weighted by molar-refractivity contribution is -0.609. The summed E-state index contributed by atoms with van der Waals surface area (Å²) in [4.78, 5) is 22.2. The highest BCUT2D eigenvalue weighted by Gasteiger charge is 3.12. The molecule has 0 aliphatic heterocycles. The van der Waals surface area contributed by atoms with Crippen LogP contribution in [0.15, 0.2) is 0 Å². The molecule has 0 saturated heterocycles. The Labute approximate surface area is 98.5 Å². The van der Waals surface area contributed by atoms with Crippen molar-refractivity contribution < 1.29 is 27.9 Å². The van der Waals surface area contributed by atoms with Crippen molar-refractivity contribution in [1.29, 1.82) is 0 Å². The summed E-state index contributed by atoms with van der Waals surface area (Å²) in [7, 11) is 0. The average Bonchev–Trinajstić information content (AvgIpc) is 2.27. The molecular weight excluding hydrogens is 251 g/mol. The van der Waals surface area contributed by atoms with Crippen molar-refractivity contribution >= 4 is 11.9 Å². The zero-order valence-electron chi connectivity index (χ0n) is 8.86. The topological polar surface area (TPSA) is 66.4 Å². The first-order valence-corrected chi connectivity index (χ1v) is 5.93. The Bertz CT molecular complexity index is 501. The Hall–Kier alpha value is -1.27. The molecule has 0 atom stereocenters. The van der Waals surface area contributed by atoms with Gasteiger partial charge in [-0.1, -0.05) is 0 Å². The first-order chi connectivity index (χ1) is 8.30. The minimum absolute atomic E-state index is 0.0000926. The third-order valence-corrected chi connectivity index (χ3v) is 6.59. The van der Waals surface area contributed by atoms with Crippen LogP contribution in [0, 0.1) is 40.9 Å². The summed E-state index contributed by atoms with van der Waals surface area (Å²) in [5.74, 6) is -2.57. The lowest BCUT2D eigenvalue weighted by Crippen LogP contribution is -3.16. The molecule has 6 aliphatic carbocycles. The number of carboxylic acids is 1. The van der Waals surface area contributed by atoms with Gasteiger partial charge in [0.05, 0.1) is 11.0 Å². The average molecular weight is 259 g/mol. The predicted molar refractivity (Wildman–Crippen MR) is 47.9 cm³/mol. The normalized spacial score (nSPS) is 63.3. The van der Waals surface area contributed by atoms with E-state index < -0.39 is 29.0 Å². The van der Waals surface area contributed by atoms with Gasteiger partial charge in [-0.3, -0.25) is 9.59 Å². The van der Waals surface area contributed by atoms with Gasteiger partial charge < -0.3 is 10.4 Å². The van der Waals surface area contributed by atoms with E-state index in [4.69, 9.17) is 0 Å². The summed E-state index contributed by atoms with van der Waals surface area (Å²) < 4.78 is 36.7. The fourth-order valence-electron chi connectivity index (χ4n) is 6.47. The molecule has 7 heteroatoms. The number of carboxylic acid groups (broad SMARTS) is 1. The van der Waals surface area contributed by atoms with Crippen molar-refractivity contribution in [2.24, 2.45) is 40.9 Å². The molecule has 0 unspecified atom stereocenters. The molecule has 2 N–H and O–H groups in total. The summed E-state index contributed by atoms with van der Waals surface area (Å²) >= 11 is 0. The number of carbonyl (C=O) groups is 2. The second-order valence-corrected chi connectivity index (χ2v) is 6.28. The van der Waals surface area contributed by atoms with Crippen LogP contribution in [-0.2, 0) is 9.59 Å². The quantitative estimate of drug-likeness (QED) is 0.746. The van der Waals surface area contributed by atoms with Gasteiger partial charge in [-0.25, -0.2) is 0 Å². The van der Waals surface area contributed by atoms with Gasteiger partial charge in [0.2, 0.25) is 0 Å². The highest BCUT2D eigenvalue weighted by Crippen LogP contribution is 3.06. The van der Waals surface area contributed by atoms with Gasteiger partial charge in [-0.15, -0.1) is 0 Å². The first-order valence-electron chi connectivity index (χ1n) is 5.93. The second kappa shape index (κ2) is 1.96. The van der Waals surface area contributed by atoms with Gasteiger partial charge in [0.15, 0.2) is 0 Å². The Kier molecular flexibility index (Phi) is 1.05. The van der Waals surface area contributed by atoms with E-state index in [2.05, 4.69) is 5.32 Å². The van der Waals surface area contributed by atoms with Crippen molar-refractivity contribution in [2.45, 2.75) is 11.7 Å². The van der Waals surface area contributed by atoms with Crippen molar-refractivity contribution in [3.63, 3.8) is 0 Å². The van der Waals surface area contributed by atoms with Gasteiger partial charge in [0.25, 0.3) is 0 Å². The summed E-state index contributed by atoms with van der Waals surface area (Å²) in [6, 6.07) is 0. The van der Waals surface area contributed by atoms with Crippen molar-refractivity contribution in [3.05, 3.63) is 0 Å². The van der Waals surface area contributed by atoms with Crippen LogP contribution >= 0.6 is 0 Å². The Balaban J connectivity index is 1.42. The SMILES string of the molecule is O=C(NC12C3C4C1C1C2C3C41C(=O)O)C(F)(F)F. The molecule has 0 aromatic rings. The fourth-order valence-corrected chi connectivity index (χ4v) is 6.47. The van der Waals surface area contributed by atoms with E-state index in [0.29, 0.717) is 0 Å². The number of hydrogen-bond donors (Lipinski definition) is 2. The molecule has 6 saturated carbocycles. The van der Waals surface area contributed by atoms with E-state index in [1.807, 2.05) is 0 Å². The zero-order valence-corrected chi connectivity index (χ0v) is 8.86. The Morgan fingerprint density at radius 2 is 1.44 bits per heavy atom.